The summed E-state index contributed by atoms with van der Waals surface area (Å²) in [6.45, 7) is 4.08. The molecule has 0 fully saturated rings. The van der Waals surface area contributed by atoms with E-state index in [-0.39, 0.29) is 0 Å². The van der Waals surface area contributed by atoms with E-state index in [9.17, 15) is 0 Å². The highest BCUT2D eigenvalue weighted by atomic mass is 16.1. The maximum absolute atomic E-state index is 8.35. The molecular formula is C16H19N3O2. The Hall–Kier alpha value is -3.00. The maximum atomic E-state index is 8.35. The second-order valence-electron chi connectivity index (χ2n) is 3.72. The third-order valence-corrected chi connectivity index (χ3v) is 2.13. The summed E-state index contributed by atoms with van der Waals surface area (Å²) in [5.74, 6) is 0. The van der Waals surface area contributed by atoms with E-state index in [1.807, 2.05) is 49.4 Å². The van der Waals surface area contributed by atoms with Crippen LogP contribution in [0.15, 0.2) is 54.6 Å². The van der Waals surface area contributed by atoms with E-state index in [2.05, 4.69) is 19.1 Å². The van der Waals surface area contributed by atoms with Gasteiger partial charge in [0.2, 0.25) is 12.2 Å². The molecule has 0 unspecified atom stereocenters. The first-order valence-corrected chi connectivity index (χ1v) is 5.93. The van der Waals surface area contributed by atoms with Gasteiger partial charge in [0.1, 0.15) is 0 Å². The van der Waals surface area contributed by atoms with E-state index < -0.39 is 0 Å². The third-order valence-electron chi connectivity index (χ3n) is 2.13. The van der Waals surface area contributed by atoms with Crippen molar-refractivity contribution in [2.45, 2.75) is 13.8 Å². The number of anilines is 1. The molecule has 21 heavy (non-hydrogen) atoms. The predicted molar refractivity (Wildman–Crippen MR) is 83.6 cm³/mol. The maximum Gasteiger partial charge on any atom is 0.231 e. The molecule has 0 saturated heterocycles. The van der Waals surface area contributed by atoms with Crippen molar-refractivity contribution in [2.24, 2.45) is 0 Å². The van der Waals surface area contributed by atoms with Crippen molar-refractivity contribution in [1.82, 2.24) is 0 Å². The summed E-state index contributed by atoms with van der Waals surface area (Å²) in [5, 5.41) is 10.8. The molecule has 0 amide bonds. The van der Waals surface area contributed by atoms with Crippen molar-refractivity contribution in [3.8, 4) is 0 Å². The van der Waals surface area contributed by atoms with E-state index in [0.29, 0.717) is 0 Å². The number of rotatable bonds is 0. The van der Waals surface area contributed by atoms with Gasteiger partial charge in [-0.1, -0.05) is 54.1 Å². The zero-order valence-corrected chi connectivity index (χ0v) is 12.1. The lowest BCUT2D eigenvalue weighted by Gasteiger charge is -1.93. The summed E-state index contributed by atoms with van der Waals surface area (Å²) < 4.78 is 0. The Morgan fingerprint density at radius 2 is 1.19 bits per heavy atom. The van der Waals surface area contributed by atoms with Crippen LogP contribution < -0.4 is 5.73 Å². The monoisotopic (exact) mass is 285 g/mol. The number of aryl methyl sites for hydroxylation is 2. The summed E-state index contributed by atoms with van der Waals surface area (Å²) >= 11 is 0. The highest BCUT2D eigenvalue weighted by molar-refractivity contribution is 5.44. The number of para-hydroxylation sites is 1. The van der Waals surface area contributed by atoms with Gasteiger partial charge in [-0.25, -0.2) is 20.4 Å². The van der Waals surface area contributed by atoms with E-state index in [4.69, 9.17) is 26.1 Å². The van der Waals surface area contributed by atoms with Gasteiger partial charge in [-0.15, -0.1) is 0 Å². The van der Waals surface area contributed by atoms with Crippen molar-refractivity contribution in [2.75, 3.05) is 5.73 Å². The molecular weight excluding hydrogens is 266 g/mol. The van der Waals surface area contributed by atoms with Gasteiger partial charge in [-0.2, -0.15) is 0 Å². The van der Waals surface area contributed by atoms with E-state index >= 15 is 0 Å². The molecule has 2 aromatic rings. The van der Waals surface area contributed by atoms with Crippen LogP contribution in [0.1, 0.15) is 11.1 Å². The van der Waals surface area contributed by atoms with Gasteiger partial charge < -0.3 is 5.73 Å². The van der Waals surface area contributed by atoms with Crippen LogP contribution in [-0.4, -0.2) is 12.2 Å². The van der Waals surface area contributed by atoms with Crippen molar-refractivity contribution in [3.63, 3.8) is 0 Å². The Labute approximate surface area is 124 Å². The highest BCUT2D eigenvalue weighted by Crippen LogP contribution is 2.06. The van der Waals surface area contributed by atoms with Crippen LogP contribution in [0.3, 0.4) is 0 Å². The van der Waals surface area contributed by atoms with Gasteiger partial charge in [-0.05, 0) is 25.5 Å². The number of benzene rings is 2. The number of nitrogens with two attached hydrogens (primary N) is 1. The Morgan fingerprint density at radius 3 is 1.43 bits per heavy atom. The Bertz CT molecular complexity index is 524. The van der Waals surface area contributed by atoms with Gasteiger partial charge in [0.25, 0.3) is 0 Å². The third kappa shape index (κ3) is 14.9. The van der Waals surface area contributed by atoms with Gasteiger partial charge in [0, 0.05) is 5.69 Å². The largest absolute Gasteiger partial charge is 0.399 e. The van der Waals surface area contributed by atoms with Crippen LogP contribution in [0.5, 0.6) is 0 Å². The smallest absolute Gasteiger partial charge is 0.231 e. The molecule has 2 aromatic carbocycles. The SMILES string of the molecule is Cc1ccccc1.Cc1ccccc1N.N=C=O.N=C=O. The Balaban J connectivity index is 0. The van der Waals surface area contributed by atoms with E-state index in [1.165, 1.54) is 5.56 Å². The number of nitrogens with one attached hydrogen (secondary N) is 2. The molecule has 0 aliphatic carbocycles. The van der Waals surface area contributed by atoms with Gasteiger partial charge in [0.15, 0.2) is 0 Å². The minimum atomic E-state index is 0.750. The molecule has 0 aliphatic rings. The molecule has 0 spiro atoms. The second kappa shape index (κ2) is 15.1. The standard InChI is InChI=1S/C7H9N.C7H8.2CHNO/c1-6-4-2-3-5-7(6)8;1-7-5-3-2-4-6-7;2*2-1-3/h2-5H,8H2,1H3;2-6H,1H3;2*2H. The van der Waals surface area contributed by atoms with Crippen LogP contribution in [0.25, 0.3) is 0 Å². The lowest BCUT2D eigenvalue weighted by atomic mass is 10.2. The number of hydrogen-bond donors (Lipinski definition) is 3. The van der Waals surface area contributed by atoms with Crippen molar-refractivity contribution in [3.05, 3.63) is 65.7 Å². The summed E-state index contributed by atoms with van der Waals surface area (Å²) in [6.07, 6.45) is 1.50. The number of isocyanates is 2. The topological polar surface area (TPSA) is 108 Å². The van der Waals surface area contributed by atoms with Gasteiger partial charge >= 0.3 is 0 Å². The lowest BCUT2D eigenvalue weighted by molar-refractivity contribution is 0.562. The summed E-state index contributed by atoms with van der Waals surface area (Å²) in [5.41, 5.74) is 8.86. The lowest BCUT2D eigenvalue weighted by Crippen LogP contribution is -1.85. The molecule has 4 N–H and O–H groups in total. The zero-order valence-electron chi connectivity index (χ0n) is 12.1. The summed E-state index contributed by atoms with van der Waals surface area (Å²) in [7, 11) is 0. The first-order valence-electron chi connectivity index (χ1n) is 5.93. The average molecular weight is 285 g/mol. The molecule has 0 aliphatic heterocycles. The van der Waals surface area contributed by atoms with Crippen LogP contribution in [-0.2, 0) is 9.59 Å². The molecule has 0 aromatic heterocycles. The molecule has 0 radical (unpaired) electrons. The molecule has 0 heterocycles. The zero-order chi connectivity index (χ0) is 16.5. The minimum absolute atomic E-state index is 0.750. The number of carbonyl (C=O) groups excluding carboxylic acids is 2. The molecule has 5 heteroatoms. The van der Waals surface area contributed by atoms with Crippen LogP contribution >= 0.6 is 0 Å². The average Bonchev–Trinajstić information content (AvgIpc) is 2.45. The molecule has 110 valence electrons. The minimum Gasteiger partial charge on any atom is -0.399 e. The van der Waals surface area contributed by atoms with Crippen LogP contribution in [0.2, 0.25) is 0 Å². The van der Waals surface area contributed by atoms with Crippen LogP contribution in [0.4, 0.5) is 5.69 Å². The highest BCUT2D eigenvalue weighted by Gasteiger charge is 1.84. The second-order valence-corrected chi connectivity index (χ2v) is 3.72. The quantitative estimate of drug-likeness (QED) is 0.392. The molecule has 5 nitrogen and oxygen atoms in total. The fourth-order valence-electron chi connectivity index (χ4n) is 1.12. The Kier molecular flexibility index (Phi) is 14.6. The molecule has 0 saturated carbocycles. The molecule has 2 rings (SSSR count). The van der Waals surface area contributed by atoms with E-state index in [1.54, 1.807) is 0 Å². The summed E-state index contributed by atoms with van der Waals surface area (Å²) in [6, 6.07) is 18.1. The summed E-state index contributed by atoms with van der Waals surface area (Å²) in [4.78, 5) is 16.7. The fraction of sp³-hybridized carbons (Fsp3) is 0.125. The van der Waals surface area contributed by atoms with E-state index in [0.717, 1.165) is 23.4 Å². The van der Waals surface area contributed by atoms with Gasteiger partial charge in [0.05, 0.1) is 0 Å². The normalized spacial score (nSPS) is 7.14. The van der Waals surface area contributed by atoms with Gasteiger partial charge in [-0.3, -0.25) is 0 Å². The van der Waals surface area contributed by atoms with Crippen molar-refractivity contribution < 1.29 is 9.59 Å². The van der Waals surface area contributed by atoms with Crippen molar-refractivity contribution in [1.29, 1.82) is 10.8 Å². The predicted octanol–water partition coefficient (Wildman–Crippen LogP) is 3.37. The fourth-order valence-corrected chi connectivity index (χ4v) is 1.12. The first kappa shape index (κ1) is 20.3. The Morgan fingerprint density at radius 1 is 0.810 bits per heavy atom. The number of nitrogen functional groups attached to an aromatic ring is 1. The molecule has 0 bridgehead atoms. The van der Waals surface area contributed by atoms with Crippen LogP contribution in [0, 0.1) is 24.7 Å². The first-order chi connectivity index (χ1) is 10.0. The number of hydrogen-bond acceptors (Lipinski definition) is 5. The molecule has 0 atom stereocenters. The van der Waals surface area contributed by atoms with Crippen molar-refractivity contribution >= 4 is 17.8 Å².